The highest BCUT2D eigenvalue weighted by molar-refractivity contribution is 6.31. The number of benzene rings is 1. The van der Waals surface area contributed by atoms with Crippen molar-refractivity contribution in [2.24, 2.45) is 0 Å². The molecule has 0 aliphatic carbocycles. The van der Waals surface area contributed by atoms with Gasteiger partial charge < -0.3 is 4.90 Å². The molecule has 0 spiro atoms. The van der Waals surface area contributed by atoms with Crippen LogP contribution in [0.5, 0.6) is 0 Å². The Morgan fingerprint density at radius 3 is 2.27 bits per heavy atom. The molecule has 0 radical (unpaired) electrons. The van der Waals surface area contributed by atoms with Gasteiger partial charge in [-0.15, -0.1) is 0 Å². The summed E-state index contributed by atoms with van der Waals surface area (Å²) in [7, 11) is 0. The fourth-order valence-corrected chi connectivity index (χ4v) is 3.53. The van der Waals surface area contributed by atoms with Crippen LogP contribution in [0.3, 0.4) is 0 Å². The summed E-state index contributed by atoms with van der Waals surface area (Å²) in [6, 6.07) is 8.29. The zero-order chi connectivity index (χ0) is 18.9. The average Bonchev–Trinajstić information content (AvgIpc) is 2.89. The van der Waals surface area contributed by atoms with E-state index in [1.165, 1.54) is 15.9 Å². The number of hydrogen-bond donors (Lipinski definition) is 0. The van der Waals surface area contributed by atoms with Gasteiger partial charge in [-0.3, -0.25) is 9.58 Å². The highest BCUT2D eigenvalue weighted by atomic mass is 35.5. The molecule has 3 rings (SSSR count). The lowest BCUT2D eigenvalue weighted by Gasteiger charge is -2.36. The molecular formula is C18H22ClF3N4. The number of para-hydroxylation sites is 1. The molecular weight excluding hydrogens is 365 g/mol. The molecule has 1 aliphatic heterocycles. The summed E-state index contributed by atoms with van der Waals surface area (Å²) in [6.45, 7) is 8.26. The van der Waals surface area contributed by atoms with Gasteiger partial charge in [0.05, 0.1) is 17.3 Å². The number of halogens is 4. The van der Waals surface area contributed by atoms with E-state index in [1.807, 2.05) is 12.1 Å². The van der Waals surface area contributed by atoms with Gasteiger partial charge in [-0.25, -0.2) is 0 Å². The third-order valence-corrected chi connectivity index (χ3v) is 5.31. The largest absolute Gasteiger partial charge is 0.436 e. The van der Waals surface area contributed by atoms with Crippen molar-refractivity contribution in [2.45, 2.75) is 26.6 Å². The Morgan fingerprint density at radius 1 is 1.04 bits per heavy atom. The third kappa shape index (κ3) is 3.99. The number of piperazine rings is 1. The third-order valence-electron chi connectivity index (χ3n) is 4.86. The van der Waals surface area contributed by atoms with Crippen molar-refractivity contribution in [3.8, 4) is 0 Å². The highest BCUT2D eigenvalue weighted by Gasteiger charge is 2.38. The fraction of sp³-hybridized carbons (Fsp3) is 0.500. The average molecular weight is 387 g/mol. The van der Waals surface area contributed by atoms with Crippen LogP contribution in [-0.4, -0.2) is 47.4 Å². The second-order valence-electron chi connectivity index (χ2n) is 6.58. The SMILES string of the molecule is Cc1ccccc1N1CCN(CCn2nc(C(F)(F)F)c(Cl)c2C)CC1. The molecule has 0 unspecified atom stereocenters. The molecule has 0 bridgehead atoms. The maximum absolute atomic E-state index is 12.9. The van der Waals surface area contributed by atoms with Crippen molar-refractivity contribution in [3.63, 3.8) is 0 Å². The standard InChI is InChI=1S/C18H22ClF3N4/c1-13-5-3-4-6-15(13)25-10-7-24(8-11-25)9-12-26-14(2)16(19)17(23-26)18(20,21)22/h3-6H,7-12H2,1-2H3. The predicted molar refractivity (Wildman–Crippen MR) is 96.8 cm³/mol. The van der Waals surface area contributed by atoms with Crippen molar-refractivity contribution in [3.05, 3.63) is 46.2 Å². The summed E-state index contributed by atoms with van der Waals surface area (Å²) >= 11 is 5.80. The molecule has 0 amide bonds. The van der Waals surface area contributed by atoms with Crippen LogP contribution in [0, 0.1) is 13.8 Å². The molecule has 0 N–H and O–H groups in total. The summed E-state index contributed by atoms with van der Waals surface area (Å²) < 4.78 is 40.1. The molecule has 8 heteroatoms. The molecule has 0 atom stereocenters. The van der Waals surface area contributed by atoms with E-state index < -0.39 is 11.9 Å². The number of alkyl halides is 3. The molecule has 1 aromatic carbocycles. The summed E-state index contributed by atoms with van der Waals surface area (Å²) in [5, 5.41) is 3.36. The molecule has 1 fully saturated rings. The smallest absolute Gasteiger partial charge is 0.369 e. The quantitative estimate of drug-likeness (QED) is 0.794. The Morgan fingerprint density at radius 2 is 1.69 bits per heavy atom. The summed E-state index contributed by atoms with van der Waals surface area (Å²) in [4.78, 5) is 4.60. The van der Waals surface area contributed by atoms with Gasteiger partial charge in [0.15, 0.2) is 5.69 Å². The molecule has 2 aromatic rings. The molecule has 26 heavy (non-hydrogen) atoms. The van der Waals surface area contributed by atoms with Gasteiger partial charge in [0.2, 0.25) is 0 Å². The number of anilines is 1. The zero-order valence-electron chi connectivity index (χ0n) is 14.9. The van der Waals surface area contributed by atoms with Crippen LogP contribution in [0.2, 0.25) is 5.02 Å². The van der Waals surface area contributed by atoms with E-state index in [9.17, 15) is 13.2 Å². The molecule has 1 saturated heterocycles. The number of nitrogens with zero attached hydrogens (tertiary/aromatic N) is 4. The first-order valence-corrected chi connectivity index (χ1v) is 8.98. The molecule has 2 heterocycles. The van der Waals surface area contributed by atoms with Gasteiger partial charge in [0.25, 0.3) is 0 Å². The lowest BCUT2D eigenvalue weighted by atomic mass is 10.1. The van der Waals surface area contributed by atoms with Crippen LogP contribution in [-0.2, 0) is 12.7 Å². The van der Waals surface area contributed by atoms with Gasteiger partial charge in [-0.05, 0) is 25.5 Å². The number of aryl methyl sites for hydroxylation is 1. The molecule has 4 nitrogen and oxygen atoms in total. The molecule has 142 valence electrons. The van der Waals surface area contributed by atoms with Crippen LogP contribution in [0.1, 0.15) is 17.0 Å². The normalized spacial score (nSPS) is 16.3. The summed E-state index contributed by atoms with van der Waals surface area (Å²) in [5.74, 6) is 0. The van der Waals surface area contributed by atoms with E-state index >= 15 is 0 Å². The molecule has 0 saturated carbocycles. The molecule has 1 aliphatic rings. The Labute approximate surface area is 156 Å². The number of aromatic nitrogens is 2. The van der Waals surface area contributed by atoms with E-state index in [2.05, 4.69) is 34.0 Å². The highest BCUT2D eigenvalue weighted by Crippen LogP contribution is 2.35. The second kappa shape index (κ2) is 7.48. The van der Waals surface area contributed by atoms with Crippen LogP contribution in [0.15, 0.2) is 24.3 Å². The fourth-order valence-electron chi connectivity index (χ4n) is 3.29. The minimum absolute atomic E-state index is 0.304. The van der Waals surface area contributed by atoms with Gasteiger partial charge in [-0.1, -0.05) is 29.8 Å². The summed E-state index contributed by atoms with van der Waals surface area (Å²) in [6.07, 6.45) is -4.52. The van der Waals surface area contributed by atoms with Crippen molar-refractivity contribution in [1.29, 1.82) is 0 Å². The minimum Gasteiger partial charge on any atom is -0.369 e. The van der Waals surface area contributed by atoms with Crippen molar-refractivity contribution >= 4 is 17.3 Å². The van der Waals surface area contributed by atoms with Gasteiger partial charge in [0, 0.05) is 38.4 Å². The first-order valence-electron chi connectivity index (χ1n) is 8.60. The Bertz CT molecular complexity index is 764. The Kier molecular flexibility index (Phi) is 5.48. The molecule has 1 aromatic heterocycles. The monoisotopic (exact) mass is 386 g/mol. The second-order valence-corrected chi connectivity index (χ2v) is 6.96. The van der Waals surface area contributed by atoms with E-state index in [0.717, 1.165) is 26.2 Å². The Balaban J connectivity index is 1.57. The van der Waals surface area contributed by atoms with E-state index in [1.54, 1.807) is 6.92 Å². The first kappa shape index (κ1) is 19.0. The van der Waals surface area contributed by atoms with E-state index in [4.69, 9.17) is 11.6 Å². The first-order chi connectivity index (χ1) is 12.3. The minimum atomic E-state index is -4.52. The van der Waals surface area contributed by atoms with Crippen molar-refractivity contribution in [1.82, 2.24) is 14.7 Å². The van der Waals surface area contributed by atoms with Gasteiger partial charge in [0.1, 0.15) is 0 Å². The maximum Gasteiger partial charge on any atom is 0.436 e. The van der Waals surface area contributed by atoms with Crippen LogP contribution in [0.4, 0.5) is 18.9 Å². The summed E-state index contributed by atoms with van der Waals surface area (Å²) in [5.41, 5.74) is 1.86. The zero-order valence-corrected chi connectivity index (χ0v) is 15.6. The van der Waals surface area contributed by atoms with Crippen molar-refractivity contribution < 1.29 is 13.2 Å². The lowest BCUT2D eigenvalue weighted by Crippen LogP contribution is -2.47. The Hall–Kier alpha value is -1.73. The van der Waals surface area contributed by atoms with Crippen LogP contribution >= 0.6 is 11.6 Å². The van der Waals surface area contributed by atoms with Crippen LogP contribution < -0.4 is 4.90 Å². The maximum atomic E-state index is 12.9. The van der Waals surface area contributed by atoms with E-state index in [-0.39, 0.29) is 5.02 Å². The van der Waals surface area contributed by atoms with Crippen molar-refractivity contribution in [2.75, 3.05) is 37.6 Å². The van der Waals surface area contributed by atoms with Gasteiger partial charge >= 0.3 is 6.18 Å². The van der Waals surface area contributed by atoms with E-state index in [0.29, 0.717) is 18.8 Å². The number of rotatable bonds is 4. The predicted octanol–water partition coefficient (Wildman–Crippen LogP) is 3.99. The van der Waals surface area contributed by atoms with Crippen LogP contribution in [0.25, 0.3) is 0 Å². The number of hydrogen-bond acceptors (Lipinski definition) is 3. The van der Waals surface area contributed by atoms with Gasteiger partial charge in [-0.2, -0.15) is 18.3 Å². The lowest BCUT2D eigenvalue weighted by molar-refractivity contribution is -0.141. The topological polar surface area (TPSA) is 24.3 Å².